The van der Waals surface area contributed by atoms with E-state index in [1.54, 1.807) is 0 Å². The number of hydrogen-bond acceptors (Lipinski definition) is 5. The number of nitrogens with one attached hydrogen (secondary N) is 1. The smallest absolute Gasteiger partial charge is 0.258 e. The van der Waals surface area contributed by atoms with Gasteiger partial charge in [-0.15, -0.1) is 0 Å². The van der Waals surface area contributed by atoms with Gasteiger partial charge in [0.1, 0.15) is 5.82 Å². The van der Waals surface area contributed by atoms with Crippen LogP contribution in [0.15, 0.2) is 82.7 Å². The zero-order valence-corrected chi connectivity index (χ0v) is 19.0. The molecule has 2 aromatic rings. The van der Waals surface area contributed by atoms with Gasteiger partial charge in [-0.2, -0.15) is 0 Å². The third kappa shape index (κ3) is 4.24. The van der Waals surface area contributed by atoms with Crippen molar-refractivity contribution in [2.45, 2.75) is 13.8 Å². The van der Waals surface area contributed by atoms with Gasteiger partial charge in [0, 0.05) is 49.3 Å². The molecule has 0 saturated carbocycles. The van der Waals surface area contributed by atoms with Crippen molar-refractivity contribution in [2.24, 2.45) is 4.99 Å². The van der Waals surface area contributed by atoms with Crippen LogP contribution in [-0.2, 0) is 0 Å². The molecule has 1 N–H and O–H groups in total. The van der Waals surface area contributed by atoms with Crippen LogP contribution < -0.4 is 15.4 Å². The summed E-state index contributed by atoms with van der Waals surface area (Å²) in [5.41, 5.74) is 6.11. The van der Waals surface area contributed by atoms with Crippen molar-refractivity contribution in [3.63, 3.8) is 0 Å². The molecule has 0 unspecified atom stereocenters. The first kappa shape index (κ1) is 20.9. The minimum absolute atomic E-state index is 0.100. The number of rotatable bonds is 4. The second kappa shape index (κ2) is 8.90. The van der Waals surface area contributed by atoms with Crippen molar-refractivity contribution in [3.05, 3.63) is 94.4 Å². The van der Waals surface area contributed by atoms with Crippen LogP contribution in [-0.4, -0.2) is 41.9 Å². The van der Waals surface area contributed by atoms with E-state index in [9.17, 15) is 4.79 Å². The van der Waals surface area contributed by atoms with Gasteiger partial charge in [-0.3, -0.25) is 9.79 Å². The highest BCUT2D eigenvalue weighted by Gasteiger charge is 2.20. The Bertz CT molecular complexity index is 1320. The molecule has 0 amide bonds. The lowest BCUT2D eigenvalue weighted by Crippen LogP contribution is -2.46. The quantitative estimate of drug-likeness (QED) is 0.472. The number of H-pyrrole nitrogens is 1. The Kier molecular flexibility index (Phi) is 5.65. The summed E-state index contributed by atoms with van der Waals surface area (Å²) < 4.78 is 0. The zero-order chi connectivity index (χ0) is 22.8. The van der Waals surface area contributed by atoms with Gasteiger partial charge in [0.15, 0.2) is 0 Å². The number of fused-ring (bicyclic) bond motifs is 1. The molecule has 1 aromatic heterocycles. The Morgan fingerprint density at radius 3 is 2.48 bits per heavy atom. The van der Waals surface area contributed by atoms with Crippen LogP contribution in [0.5, 0.6) is 0 Å². The van der Waals surface area contributed by atoms with Crippen LogP contribution in [0.2, 0.25) is 0 Å². The number of aliphatic imine (C=N–C) groups is 1. The molecule has 6 nitrogen and oxygen atoms in total. The minimum atomic E-state index is -0.100. The van der Waals surface area contributed by atoms with Crippen molar-refractivity contribution >= 4 is 22.9 Å². The van der Waals surface area contributed by atoms with Gasteiger partial charge in [-0.05, 0) is 49.7 Å². The Morgan fingerprint density at radius 1 is 0.939 bits per heavy atom. The summed E-state index contributed by atoms with van der Waals surface area (Å²) in [7, 11) is 0. The summed E-state index contributed by atoms with van der Waals surface area (Å²) in [5, 5.41) is 0. The number of aromatic amines is 1. The number of hydrogen-bond donors (Lipinski definition) is 1. The molecule has 1 fully saturated rings. The number of piperazine rings is 1. The van der Waals surface area contributed by atoms with E-state index in [1.807, 2.05) is 55.6 Å². The summed E-state index contributed by atoms with van der Waals surface area (Å²) in [4.78, 5) is 29.7. The maximum atomic E-state index is 12.7. The molecule has 0 radical (unpaired) electrons. The van der Waals surface area contributed by atoms with Crippen molar-refractivity contribution < 1.29 is 0 Å². The lowest BCUT2D eigenvalue weighted by Gasteiger charge is -2.36. The molecular weight excluding hydrogens is 410 g/mol. The van der Waals surface area contributed by atoms with Crippen LogP contribution in [0.25, 0.3) is 11.3 Å². The molecule has 1 aromatic carbocycles. The molecule has 3 aliphatic rings. The van der Waals surface area contributed by atoms with Gasteiger partial charge in [0.25, 0.3) is 5.56 Å². The Morgan fingerprint density at radius 2 is 1.70 bits per heavy atom. The van der Waals surface area contributed by atoms with Gasteiger partial charge in [0.2, 0.25) is 0 Å². The monoisotopic (exact) mass is 437 g/mol. The summed E-state index contributed by atoms with van der Waals surface area (Å²) in [6.45, 7) is 7.66. The molecule has 1 saturated heterocycles. The fraction of sp³-hybridized carbons (Fsp3) is 0.222. The van der Waals surface area contributed by atoms with E-state index in [-0.39, 0.29) is 5.56 Å². The fourth-order valence-electron chi connectivity index (χ4n) is 4.43. The first-order valence-corrected chi connectivity index (χ1v) is 11.3. The molecular formula is C27H27N5O. The highest BCUT2D eigenvalue weighted by molar-refractivity contribution is 6.05. The summed E-state index contributed by atoms with van der Waals surface area (Å²) >= 11 is 0. The molecule has 0 spiro atoms. The summed E-state index contributed by atoms with van der Waals surface area (Å²) in [6, 6.07) is 22.2. The number of pyridine rings is 1. The zero-order valence-electron chi connectivity index (χ0n) is 19.0. The first-order valence-electron chi connectivity index (χ1n) is 11.3. The SMILES string of the molecule is C/C(=N\c1cc(N2CCN(c3ccccn3)CC2)ccc1C)c1c2cccccc-2[nH]c1=O. The van der Waals surface area contributed by atoms with E-state index in [0.29, 0.717) is 5.56 Å². The lowest BCUT2D eigenvalue weighted by atomic mass is 10.1. The maximum Gasteiger partial charge on any atom is 0.258 e. The number of aromatic nitrogens is 2. The number of nitrogens with zero attached hydrogens (tertiary/aromatic N) is 4. The van der Waals surface area contributed by atoms with Crippen molar-refractivity contribution in [3.8, 4) is 11.3 Å². The number of aryl methyl sites for hydroxylation is 1. The second-order valence-electron chi connectivity index (χ2n) is 8.40. The third-order valence-corrected chi connectivity index (χ3v) is 6.24. The van der Waals surface area contributed by atoms with Gasteiger partial charge in [0.05, 0.1) is 17.0 Å². The Balaban J connectivity index is 1.40. The molecule has 33 heavy (non-hydrogen) atoms. The van der Waals surface area contributed by atoms with E-state index in [2.05, 4.69) is 51.0 Å². The van der Waals surface area contributed by atoms with E-state index in [0.717, 1.165) is 65.9 Å². The predicted molar refractivity (Wildman–Crippen MR) is 135 cm³/mol. The molecule has 1 aliphatic carbocycles. The Hall–Kier alpha value is -3.93. The van der Waals surface area contributed by atoms with E-state index in [4.69, 9.17) is 4.99 Å². The van der Waals surface area contributed by atoms with Gasteiger partial charge in [-0.25, -0.2) is 4.98 Å². The maximum absolute atomic E-state index is 12.7. The van der Waals surface area contributed by atoms with Crippen LogP contribution in [0.4, 0.5) is 17.2 Å². The van der Waals surface area contributed by atoms with Crippen LogP contribution in [0.3, 0.4) is 0 Å². The van der Waals surface area contributed by atoms with E-state index < -0.39 is 0 Å². The molecule has 0 bridgehead atoms. The minimum Gasteiger partial charge on any atom is -0.368 e. The third-order valence-electron chi connectivity index (χ3n) is 6.24. The average molecular weight is 438 g/mol. The number of anilines is 2. The first-order chi connectivity index (χ1) is 16.1. The number of benzene rings is 1. The van der Waals surface area contributed by atoms with E-state index in [1.165, 1.54) is 0 Å². The standard InChI is InChI=1S/C27H27N5O/c1-19-11-12-21(31-14-16-32(17-15-31)25-10-6-7-13-28-25)18-24(19)29-20(2)26-22-8-4-3-5-9-23(22)30-27(26)33/h3-13,18H,14-17H2,1-2H3,(H,30,33)/b29-20+. The highest BCUT2D eigenvalue weighted by Crippen LogP contribution is 2.29. The highest BCUT2D eigenvalue weighted by atomic mass is 16.1. The molecule has 3 heterocycles. The summed E-state index contributed by atoms with van der Waals surface area (Å²) in [5.74, 6) is 1.03. The molecule has 0 atom stereocenters. The van der Waals surface area contributed by atoms with Gasteiger partial charge in [-0.1, -0.05) is 36.4 Å². The van der Waals surface area contributed by atoms with Gasteiger partial charge >= 0.3 is 0 Å². The Labute approximate surface area is 193 Å². The predicted octanol–water partition coefficient (Wildman–Crippen LogP) is 4.65. The largest absolute Gasteiger partial charge is 0.368 e. The topological polar surface area (TPSA) is 64.6 Å². The molecule has 166 valence electrons. The van der Waals surface area contributed by atoms with Crippen molar-refractivity contribution in [2.75, 3.05) is 36.0 Å². The van der Waals surface area contributed by atoms with Crippen LogP contribution >= 0.6 is 0 Å². The van der Waals surface area contributed by atoms with Gasteiger partial charge < -0.3 is 14.8 Å². The molecule has 6 heteroatoms. The summed E-state index contributed by atoms with van der Waals surface area (Å²) in [6.07, 6.45) is 1.84. The fourth-order valence-corrected chi connectivity index (χ4v) is 4.43. The second-order valence-corrected chi connectivity index (χ2v) is 8.40. The molecule has 2 aliphatic heterocycles. The van der Waals surface area contributed by atoms with Crippen LogP contribution in [0.1, 0.15) is 18.1 Å². The molecule has 5 rings (SSSR count). The van der Waals surface area contributed by atoms with Crippen molar-refractivity contribution in [1.82, 2.24) is 9.97 Å². The van der Waals surface area contributed by atoms with E-state index >= 15 is 0 Å². The average Bonchev–Trinajstić information content (AvgIpc) is 2.99. The lowest BCUT2D eigenvalue weighted by molar-refractivity contribution is 0.647. The normalized spacial score (nSPS) is 14.7. The van der Waals surface area contributed by atoms with Crippen molar-refractivity contribution in [1.29, 1.82) is 0 Å². The van der Waals surface area contributed by atoms with Crippen LogP contribution in [0, 0.1) is 6.92 Å².